The number of ether oxygens (including phenoxy) is 1. The number of aromatic nitrogens is 1. The number of rotatable bonds is 2. The summed E-state index contributed by atoms with van der Waals surface area (Å²) in [5, 5.41) is 0. The summed E-state index contributed by atoms with van der Waals surface area (Å²) in [5.41, 5.74) is 7.17. The van der Waals surface area contributed by atoms with Gasteiger partial charge in [0.05, 0.1) is 24.4 Å². The Bertz CT molecular complexity index is 328. The first-order chi connectivity index (χ1) is 7.31. The second-order valence-corrected chi connectivity index (χ2v) is 4.23. The lowest BCUT2D eigenvalue weighted by Crippen LogP contribution is -2.48. The number of thiazole rings is 1. The predicted octanol–water partition coefficient (Wildman–Crippen LogP) is -0.0572. The third-order valence-corrected chi connectivity index (χ3v) is 3.09. The molecule has 82 valence electrons. The topological polar surface area (TPSA) is 68.5 Å². The Balaban J connectivity index is 2.01. The molecule has 5 nitrogen and oxygen atoms in total. The van der Waals surface area contributed by atoms with Gasteiger partial charge in [-0.25, -0.2) is 0 Å². The summed E-state index contributed by atoms with van der Waals surface area (Å²) in [6.07, 6.45) is 1.57. The van der Waals surface area contributed by atoms with Crippen LogP contribution in [0.15, 0.2) is 11.7 Å². The molecule has 1 aliphatic heterocycles. The monoisotopic (exact) mass is 227 g/mol. The fourth-order valence-corrected chi connectivity index (χ4v) is 2.11. The van der Waals surface area contributed by atoms with Gasteiger partial charge in [-0.05, 0) is 0 Å². The molecule has 0 aromatic carbocycles. The quantitative estimate of drug-likeness (QED) is 0.768. The van der Waals surface area contributed by atoms with Gasteiger partial charge >= 0.3 is 0 Å². The number of nitrogens with zero attached hydrogens (tertiary/aromatic N) is 2. The van der Waals surface area contributed by atoms with E-state index in [0.29, 0.717) is 31.1 Å². The molecule has 0 bridgehead atoms. The molecule has 6 heteroatoms. The van der Waals surface area contributed by atoms with Crippen LogP contribution in [0.25, 0.3) is 0 Å². The molecule has 0 aliphatic carbocycles. The summed E-state index contributed by atoms with van der Waals surface area (Å²) in [6.45, 7) is 2.22. The van der Waals surface area contributed by atoms with Crippen molar-refractivity contribution in [3.8, 4) is 0 Å². The summed E-state index contributed by atoms with van der Waals surface area (Å²) in [7, 11) is 0. The van der Waals surface area contributed by atoms with Crippen LogP contribution in [-0.2, 0) is 4.74 Å². The lowest BCUT2D eigenvalue weighted by molar-refractivity contribution is -0.0165. The van der Waals surface area contributed by atoms with Crippen molar-refractivity contribution in [3.05, 3.63) is 16.6 Å². The first-order valence-electron chi connectivity index (χ1n) is 4.80. The van der Waals surface area contributed by atoms with Crippen LogP contribution >= 0.6 is 11.3 Å². The normalized spacial score (nSPS) is 21.7. The smallest absolute Gasteiger partial charge is 0.265 e. The predicted molar refractivity (Wildman–Crippen MR) is 56.8 cm³/mol. The third-order valence-electron chi connectivity index (χ3n) is 2.33. The van der Waals surface area contributed by atoms with Crippen LogP contribution in [0, 0.1) is 0 Å². The molecule has 0 saturated carbocycles. The fraction of sp³-hybridized carbons (Fsp3) is 0.556. The maximum Gasteiger partial charge on any atom is 0.265 e. The molecular weight excluding hydrogens is 214 g/mol. The molecule has 1 aromatic rings. The summed E-state index contributed by atoms with van der Waals surface area (Å²) in [6, 6.07) is 0. The number of amides is 1. The minimum absolute atomic E-state index is 0.0271. The van der Waals surface area contributed by atoms with Gasteiger partial charge in [0.2, 0.25) is 0 Å². The maximum atomic E-state index is 11.9. The van der Waals surface area contributed by atoms with E-state index >= 15 is 0 Å². The van der Waals surface area contributed by atoms with E-state index in [-0.39, 0.29) is 12.0 Å². The van der Waals surface area contributed by atoms with Crippen molar-refractivity contribution in [1.29, 1.82) is 0 Å². The minimum atomic E-state index is -0.0318. The van der Waals surface area contributed by atoms with Crippen LogP contribution in [0.4, 0.5) is 0 Å². The van der Waals surface area contributed by atoms with Crippen molar-refractivity contribution >= 4 is 17.2 Å². The Hall–Kier alpha value is -0.980. The van der Waals surface area contributed by atoms with E-state index < -0.39 is 0 Å². The average molecular weight is 227 g/mol. The van der Waals surface area contributed by atoms with Gasteiger partial charge in [0.15, 0.2) is 0 Å². The van der Waals surface area contributed by atoms with Crippen LogP contribution in [-0.4, -0.2) is 48.1 Å². The highest BCUT2D eigenvalue weighted by molar-refractivity contribution is 7.11. The number of carbonyl (C=O) groups excluding carboxylic acids is 1. The molecule has 1 aromatic heterocycles. The van der Waals surface area contributed by atoms with Crippen LogP contribution in [0.3, 0.4) is 0 Å². The number of hydrogen-bond donors (Lipinski definition) is 1. The third kappa shape index (κ3) is 2.34. The highest BCUT2D eigenvalue weighted by Gasteiger charge is 2.24. The van der Waals surface area contributed by atoms with Gasteiger partial charge in [-0.3, -0.25) is 9.78 Å². The minimum Gasteiger partial charge on any atom is -0.373 e. The van der Waals surface area contributed by atoms with Crippen molar-refractivity contribution in [2.24, 2.45) is 5.73 Å². The molecule has 2 rings (SSSR count). The number of nitrogens with two attached hydrogens (primary N) is 1. The fourth-order valence-electron chi connectivity index (χ4n) is 1.52. The number of hydrogen-bond acceptors (Lipinski definition) is 5. The standard InChI is InChI=1S/C9H13N3O2S/c10-3-7-5-12(1-2-14-7)9(13)8-4-11-6-15-8/h4,6-7H,1-3,5,10H2. The van der Waals surface area contributed by atoms with E-state index in [0.717, 1.165) is 0 Å². The van der Waals surface area contributed by atoms with Crippen LogP contribution in [0.5, 0.6) is 0 Å². The first-order valence-corrected chi connectivity index (χ1v) is 5.68. The lowest BCUT2D eigenvalue weighted by Gasteiger charge is -2.31. The van der Waals surface area contributed by atoms with E-state index in [1.165, 1.54) is 11.3 Å². The van der Waals surface area contributed by atoms with Gasteiger partial charge < -0.3 is 15.4 Å². The number of carbonyl (C=O) groups is 1. The molecule has 0 spiro atoms. The zero-order chi connectivity index (χ0) is 10.7. The van der Waals surface area contributed by atoms with Gasteiger partial charge in [0, 0.05) is 19.6 Å². The second kappa shape index (κ2) is 4.69. The van der Waals surface area contributed by atoms with Crippen LogP contribution in [0.1, 0.15) is 9.67 Å². The zero-order valence-electron chi connectivity index (χ0n) is 8.26. The van der Waals surface area contributed by atoms with E-state index in [1.54, 1.807) is 16.6 Å². The summed E-state index contributed by atoms with van der Waals surface area (Å²) in [5.74, 6) is 0.0271. The van der Waals surface area contributed by atoms with Crippen molar-refractivity contribution in [2.45, 2.75) is 6.10 Å². The van der Waals surface area contributed by atoms with Gasteiger partial charge in [0.25, 0.3) is 5.91 Å². The second-order valence-electron chi connectivity index (χ2n) is 3.35. The summed E-state index contributed by atoms with van der Waals surface area (Å²) >= 11 is 1.36. The number of morpholine rings is 1. The highest BCUT2D eigenvalue weighted by atomic mass is 32.1. The van der Waals surface area contributed by atoms with E-state index in [4.69, 9.17) is 10.5 Å². The first kappa shape index (κ1) is 10.5. The molecule has 2 heterocycles. The van der Waals surface area contributed by atoms with Gasteiger partial charge in [-0.2, -0.15) is 0 Å². The average Bonchev–Trinajstić information content (AvgIpc) is 2.81. The Morgan fingerprint density at radius 3 is 3.33 bits per heavy atom. The Morgan fingerprint density at radius 2 is 2.67 bits per heavy atom. The summed E-state index contributed by atoms with van der Waals surface area (Å²) in [4.78, 5) is 18.3. The van der Waals surface area contributed by atoms with Gasteiger partial charge in [-0.1, -0.05) is 0 Å². The van der Waals surface area contributed by atoms with Crippen molar-refractivity contribution in [3.63, 3.8) is 0 Å². The molecule has 1 atom stereocenters. The SMILES string of the molecule is NCC1CN(C(=O)c2cncs2)CCO1. The Labute approximate surface area is 91.9 Å². The molecule has 1 saturated heterocycles. The largest absolute Gasteiger partial charge is 0.373 e. The van der Waals surface area contributed by atoms with Crippen LogP contribution in [0.2, 0.25) is 0 Å². The Kier molecular flexibility index (Phi) is 3.30. The molecule has 1 aliphatic rings. The molecule has 1 amide bonds. The van der Waals surface area contributed by atoms with Gasteiger partial charge in [0.1, 0.15) is 4.88 Å². The van der Waals surface area contributed by atoms with E-state index in [1.807, 2.05) is 0 Å². The molecular formula is C9H13N3O2S. The molecule has 0 radical (unpaired) electrons. The molecule has 15 heavy (non-hydrogen) atoms. The summed E-state index contributed by atoms with van der Waals surface area (Å²) < 4.78 is 5.39. The van der Waals surface area contributed by atoms with Gasteiger partial charge in [-0.15, -0.1) is 11.3 Å². The zero-order valence-corrected chi connectivity index (χ0v) is 9.07. The van der Waals surface area contributed by atoms with E-state index in [9.17, 15) is 4.79 Å². The molecule has 1 fully saturated rings. The maximum absolute atomic E-state index is 11.9. The molecule has 2 N–H and O–H groups in total. The van der Waals surface area contributed by atoms with Crippen molar-refractivity contribution in [2.75, 3.05) is 26.2 Å². The van der Waals surface area contributed by atoms with Crippen LogP contribution < -0.4 is 5.73 Å². The van der Waals surface area contributed by atoms with Crippen molar-refractivity contribution < 1.29 is 9.53 Å². The van der Waals surface area contributed by atoms with Crippen molar-refractivity contribution in [1.82, 2.24) is 9.88 Å². The highest BCUT2D eigenvalue weighted by Crippen LogP contribution is 2.12. The Morgan fingerprint density at radius 1 is 1.80 bits per heavy atom. The molecule has 1 unspecified atom stereocenters. The lowest BCUT2D eigenvalue weighted by atomic mass is 10.2. The van der Waals surface area contributed by atoms with E-state index in [2.05, 4.69) is 4.98 Å².